The molecule has 0 aliphatic heterocycles. The summed E-state index contributed by atoms with van der Waals surface area (Å²) in [4.78, 5) is 21.9. The van der Waals surface area contributed by atoms with Crippen molar-refractivity contribution in [1.29, 1.82) is 0 Å². The van der Waals surface area contributed by atoms with Crippen LogP contribution in [-0.2, 0) is 19.4 Å². The van der Waals surface area contributed by atoms with E-state index in [9.17, 15) is 4.79 Å². The van der Waals surface area contributed by atoms with E-state index in [4.69, 9.17) is 5.73 Å². The van der Waals surface area contributed by atoms with E-state index in [-0.39, 0.29) is 11.5 Å². The summed E-state index contributed by atoms with van der Waals surface area (Å²) >= 11 is 0. The minimum absolute atomic E-state index is 0.0505. The lowest BCUT2D eigenvalue weighted by Gasteiger charge is -2.27. The van der Waals surface area contributed by atoms with Crippen molar-refractivity contribution < 1.29 is 0 Å². The first-order chi connectivity index (χ1) is 15.7. The predicted octanol–water partition coefficient (Wildman–Crippen LogP) is 3.02. The molecule has 0 spiro atoms. The third-order valence-electron chi connectivity index (χ3n) is 6.58. The molecule has 6 rings (SSSR count). The largest absolute Gasteiger partial charge is 0.368 e. The molecule has 1 fully saturated rings. The zero-order valence-corrected chi connectivity index (χ0v) is 17.6. The van der Waals surface area contributed by atoms with Crippen LogP contribution in [0.5, 0.6) is 0 Å². The van der Waals surface area contributed by atoms with Crippen LogP contribution in [0, 0.1) is 0 Å². The second-order valence-corrected chi connectivity index (χ2v) is 8.55. The fourth-order valence-electron chi connectivity index (χ4n) is 4.69. The number of nitrogen functional groups attached to an aromatic ring is 1. The van der Waals surface area contributed by atoms with E-state index in [1.54, 1.807) is 4.68 Å². The van der Waals surface area contributed by atoms with Gasteiger partial charge < -0.3 is 10.3 Å². The number of rotatable bonds is 4. The summed E-state index contributed by atoms with van der Waals surface area (Å²) in [5.74, 6) is 0.219. The van der Waals surface area contributed by atoms with Crippen LogP contribution >= 0.6 is 0 Å². The molecule has 1 aromatic carbocycles. The monoisotopic (exact) mass is 425 g/mol. The summed E-state index contributed by atoms with van der Waals surface area (Å²) in [6.45, 7) is 0.366. The van der Waals surface area contributed by atoms with Crippen LogP contribution in [0.4, 0.5) is 5.95 Å². The Morgan fingerprint density at radius 3 is 2.72 bits per heavy atom. The van der Waals surface area contributed by atoms with Crippen LogP contribution in [0.3, 0.4) is 0 Å². The Morgan fingerprint density at radius 2 is 1.88 bits per heavy atom. The first-order valence-electron chi connectivity index (χ1n) is 11.0. The van der Waals surface area contributed by atoms with Crippen LogP contribution < -0.4 is 11.3 Å². The quantitative estimate of drug-likeness (QED) is 0.539. The number of hydrogen-bond acceptors (Lipinski definition) is 6. The maximum Gasteiger partial charge on any atom is 0.255 e. The second-order valence-electron chi connectivity index (χ2n) is 8.55. The smallest absolute Gasteiger partial charge is 0.255 e. The summed E-state index contributed by atoms with van der Waals surface area (Å²) in [6, 6.07) is 12.4. The number of aryl methyl sites for hydroxylation is 1. The highest BCUT2D eigenvalue weighted by Crippen LogP contribution is 2.36. The van der Waals surface area contributed by atoms with Crippen LogP contribution in [0.15, 0.2) is 53.6 Å². The van der Waals surface area contributed by atoms with Gasteiger partial charge in [-0.1, -0.05) is 35.5 Å². The number of nitrogens with two attached hydrogens (primary N) is 1. The Bertz CT molecular complexity index is 1380. The topological polar surface area (TPSA) is 105 Å². The van der Waals surface area contributed by atoms with Crippen molar-refractivity contribution in [2.75, 3.05) is 5.73 Å². The van der Waals surface area contributed by atoms with Crippen molar-refractivity contribution in [3.05, 3.63) is 75.8 Å². The van der Waals surface area contributed by atoms with Crippen LogP contribution in [0.25, 0.3) is 22.6 Å². The molecule has 4 aromatic rings. The maximum absolute atomic E-state index is 12.9. The number of aromatic nitrogens is 6. The van der Waals surface area contributed by atoms with Crippen LogP contribution in [0.1, 0.15) is 42.0 Å². The van der Waals surface area contributed by atoms with Crippen LogP contribution in [0.2, 0.25) is 0 Å². The van der Waals surface area contributed by atoms with Gasteiger partial charge in [0, 0.05) is 28.9 Å². The summed E-state index contributed by atoms with van der Waals surface area (Å²) in [5, 5.41) is 8.64. The van der Waals surface area contributed by atoms with Crippen molar-refractivity contribution in [2.24, 2.45) is 0 Å². The minimum atomic E-state index is 0.0505. The molecule has 3 heterocycles. The molecule has 2 N–H and O–H groups in total. The van der Waals surface area contributed by atoms with Gasteiger partial charge in [0.05, 0.1) is 18.4 Å². The highest BCUT2D eigenvalue weighted by Gasteiger charge is 2.24. The number of nitrogens with zero attached hydrogens (tertiary/aromatic N) is 6. The van der Waals surface area contributed by atoms with Gasteiger partial charge in [0.2, 0.25) is 5.95 Å². The molecule has 8 heteroatoms. The number of fused-ring (bicyclic) bond motifs is 3. The van der Waals surface area contributed by atoms with Gasteiger partial charge >= 0.3 is 0 Å². The standard InChI is InChI=1S/C24H23N7O/c25-24-26-21-18-9-2-1-5-15(18)10-11-19(21)22(27-24)20-14-30(29-28-20)13-16-6-4-12-31(23(16)32)17-7-3-8-17/h1-2,4-6,9,12,14,17H,3,7-8,10-11,13H2,(H2,25,26,27). The highest BCUT2D eigenvalue weighted by atomic mass is 16.1. The van der Waals surface area contributed by atoms with E-state index in [1.807, 2.05) is 41.2 Å². The normalized spacial score (nSPS) is 15.1. The summed E-state index contributed by atoms with van der Waals surface area (Å²) in [5.41, 5.74) is 12.5. The first-order valence-corrected chi connectivity index (χ1v) is 11.0. The average Bonchev–Trinajstić information content (AvgIpc) is 3.23. The van der Waals surface area contributed by atoms with Crippen molar-refractivity contribution in [2.45, 2.75) is 44.7 Å². The average molecular weight is 425 g/mol. The van der Waals surface area contributed by atoms with Gasteiger partial charge in [-0.15, -0.1) is 5.10 Å². The molecule has 2 aliphatic carbocycles. The third kappa shape index (κ3) is 3.10. The number of anilines is 1. The Labute approximate surface area is 184 Å². The van der Waals surface area contributed by atoms with Crippen molar-refractivity contribution >= 4 is 5.95 Å². The molecule has 0 unspecified atom stereocenters. The Kier molecular flexibility index (Phi) is 4.38. The zero-order valence-electron chi connectivity index (χ0n) is 17.6. The van der Waals surface area contributed by atoms with Gasteiger partial charge in [-0.2, -0.15) is 0 Å². The molecule has 0 bridgehead atoms. The summed E-state index contributed by atoms with van der Waals surface area (Å²) in [6.07, 6.45) is 8.78. The fourth-order valence-corrected chi connectivity index (χ4v) is 4.69. The maximum atomic E-state index is 12.9. The van der Waals surface area contributed by atoms with E-state index < -0.39 is 0 Å². The molecule has 0 amide bonds. The molecular formula is C24H23N7O. The van der Waals surface area contributed by atoms with Gasteiger partial charge in [-0.25, -0.2) is 14.6 Å². The Morgan fingerprint density at radius 1 is 1.03 bits per heavy atom. The molecule has 2 aliphatic rings. The van der Waals surface area contributed by atoms with Gasteiger partial charge in [0.25, 0.3) is 5.56 Å². The molecule has 32 heavy (non-hydrogen) atoms. The summed E-state index contributed by atoms with van der Waals surface area (Å²) in [7, 11) is 0. The molecular weight excluding hydrogens is 402 g/mol. The molecule has 0 saturated heterocycles. The molecule has 1 saturated carbocycles. The lowest BCUT2D eigenvalue weighted by molar-refractivity contribution is 0.305. The van der Waals surface area contributed by atoms with Gasteiger partial charge in [-0.05, 0) is 43.7 Å². The highest BCUT2D eigenvalue weighted by molar-refractivity contribution is 5.76. The molecule has 0 radical (unpaired) electrons. The molecule has 3 aromatic heterocycles. The van der Waals surface area contributed by atoms with Crippen molar-refractivity contribution in [1.82, 2.24) is 29.5 Å². The molecule has 160 valence electrons. The fraction of sp³-hybridized carbons (Fsp3) is 0.292. The molecule has 0 atom stereocenters. The van der Waals surface area contributed by atoms with E-state index in [2.05, 4.69) is 32.4 Å². The SMILES string of the molecule is Nc1nc(-c2cn(Cc3cccn(C4CCC4)c3=O)nn2)c2c(n1)-c1ccccc1CC2. The van der Waals surface area contributed by atoms with Crippen molar-refractivity contribution in [3.8, 4) is 22.6 Å². The first kappa shape index (κ1) is 18.9. The van der Waals surface area contributed by atoms with Crippen LogP contribution in [-0.4, -0.2) is 29.5 Å². The number of hydrogen-bond donors (Lipinski definition) is 1. The Balaban J connectivity index is 1.35. The Hall–Kier alpha value is -3.81. The second kappa shape index (κ2) is 7.40. The van der Waals surface area contributed by atoms with Gasteiger partial charge in [0.15, 0.2) is 0 Å². The van der Waals surface area contributed by atoms with E-state index >= 15 is 0 Å². The third-order valence-corrected chi connectivity index (χ3v) is 6.58. The van der Waals surface area contributed by atoms with Crippen molar-refractivity contribution in [3.63, 3.8) is 0 Å². The summed E-state index contributed by atoms with van der Waals surface area (Å²) < 4.78 is 3.55. The van der Waals surface area contributed by atoms with Gasteiger partial charge in [0.1, 0.15) is 11.4 Å². The lowest BCUT2D eigenvalue weighted by atomic mass is 9.88. The molecule has 8 nitrogen and oxygen atoms in total. The minimum Gasteiger partial charge on any atom is -0.368 e. The number of pyridine rings is 1. The van der Waals surface area contributed by atoms with E-state index in [1.165, 1.54) is 12.0 Å². The van der Waals surface area contributed by atoms with Gasteiger partial charge in [-0.3, -0.25) is 4.79 Å². The lowest BCUT2D eigenvalue weighted by Crippen LogP contribution is -2.31. The van der Waals surface area contributed by atoms with E-state index in [0.717, 1.165) is 42.5 Å². The zero-order chi connectivity index (χ0) is 21.7. The number of benzene rings is 1. The van der Waals surface area contributed by atoms with E-state index in [0.29, 0.717) is 29.5 Å². The predicted molar refractivity (Wildman–Crippen MR) is 121 cm³/mol.